The normalized spacial score (nSPS) is 18.9. The molecule has 0 bridgehead atoms. The standard InChI is InChI=1S/C32H53NO5/c1-28(2,3)23-16-22(17-24(25(23)34)29(4,5)6)20-32(26(35)36,27(37)38)15-13-12-14-21-18-30(7,8)33(11)31(9,10)19-21/h16-17,21,34H,12-15,18-20H2,1-11H3,(H,35,36)(H,37,38). The van der Waals surface area contributed by atoms with Gasteiger partial charge in [-0.25, -0.2) is 0 Å². The van der Waals surface area contributed by atoms with Gasteiger partial charge in [0.25, 0.3) is 0 Å². The molecule has 3 N–H and O–H groups in total. The third-order valence-electron chi connectivity index (χ3n) is 8.97. The van der Waals surface area contributed by atoms with Crippen molar-refractivity contribution in [2.75, 3.05) is 7.05 Å². The second-order valence-electron chi connectivity index (χ2n) is 15.1. The van der Waals surface area contributed by atoms with Crippen molar-refractivity contribution < 1.29 is 24.9 Å². The number of phenolic OH excluding ortho intramolecular Hbond substituents is 1. The summed E-state index contributed by atoms with van der Waals surface area (Å²) in [6.45, 7) is 21.0. The molecule has 216 valence electrons. The van der Waals surface area contributed by atoms with Crippen molar-refractivity contribution in [2.24, 2.45) is 11.3 Å². The fourth-order valence-corrected chi connectivity index (χ4v) is 6.48. The minimum absolute atomic E-state index is 0.0770. The van der Waals surface area contributed by atoms with E-state index in [1.165, 1.54) is 0 Å². The van der Waals surface area contributed by atoms with Gasteiger partial charge in [0.15, 0.2) is 5.41 Å². The molecule has 6 nitrogen and oxygen atoms in total. The van der Waals surface area contributed by atoms with E-state index in [0.717, 1.165) is 25.7 Å². The molecule has 38 heavy (non-hydrogen) atoms. The quantitative estimate of drug-likeness (QED) is 0.231. The van der Waals surface area contributed by atoms with Gasteiger partial charge < -0.3 is 15.3 Å². The molecular formula is C32H53NO5. The molecule has 1 aromatic carbocycles. The van der Waals surface area contributed by atoms with Gasteiger partial charge in [0.1, 0.15) is 5.75 Å². The Balaban J connectivity index is 2.30. The van der Waals surface area contributed by atoms with Gasteiger partial charge in [-0.2, -0.15) is 0 Å². The first kappa shape index (κ1) is 32.1. The second kappa shape index (κ2) is 10.8. The Morgan fingerprint density at radius 1 is 0.868 bits per heavy atom. The highest BCUT2D eigenvalue weighted by Gasteiger charge is 2.47. The highest BCUT2D eigenvalue weighted by molar-refractivity contribution is 5.98. The number of benzene rings is 1. The third kappa shape index (κ3) is 6.91. The lowest BCUT2D eigenvalue weighted by molar-refractivity contribution is -0.165. The first-order valence-electron chi connectivity index (χ1n) is 14.1. The smallest absolute Gasteiger partial charge is 0.321 e. The molecule has 1 heterocycles. The minimum atomic E-state index is -1.91. The summed E-state index contributed by atoms with van der Waals surface area (Å²) in [6, 6.07) is 3.60. The monoisotopic (exact) mass is 531 g/mol. The number of aliphatic carboxylic acids is 2. The molecule has 1 aliphatic rings. The average molecular weight is 532 g/mol. The number of aromatic hydroxyl groups is 1. The summed E-state index contributed by atoms with van der Waals surface area (Å²) in [5.74, 6) is -1.86. The van der Waals surface area contributed by atoms with Crippen LogP contribution in [-0.2, 0) is 26.8 Å². The summed E-state index contributed by atoms with van der Waals surface area (Å²) >= 11 is 0. The summed E-state index contributed by atoms with van der Waals surface area (Å²) in [5, 5.41) is 31.5. The number of phenols is 1. The molecule has 1 fully saturated rings. The number of rotatable bonds is 9. The number of piperidine rings is 1. The maximum absolute atomic E-state index is 12.6. The van der Waals surface area contributed by atoms with Crippen molar-refractivity contribution in [3.63, 3.8) is 0 Å². The van der Waals surface area contributed by atoms with Crippen molar-refractivity contribution in [1.82, 2.24) is 4.90 Å². The van der Waals surface area contributed by atoms with Crippen molar-refractivity contribution in [2.45, 2.75) is 136 Å². The fraction of sp³-hybridized carbons (Fsp3) is 0.750. The molecule has 0 radical (unpaired) electrons. The lowest BCUT2D eigenvalue weighted by Crippen LogP contribution is -2.58. The van der Waals surface area contributed by atoms with Crippen molar-refractivity contribution in [3.8, 4) is 5.75 Å². The van der Waals surface area contributed by atoms with E-state index in [2.05, 4.69) is 39.6 Å². The number of nitrogens with zero attached hydrogens (tertiary/aromatic N) is 1. The zero-order chi connectivity index (χ0) is 29.5. The number of hydrogen-bond donors (Lipinski definition) is 3. The number of carboxylic acids is 2. The maximum atomic E-state index is 12.6. The van der Waals surface area contributed by atoms with E-state index in [-0.39, 0.29) is 40.5 Å². The molecule has 0 aromatic heterocycles. The van der Waals surface area contributed by atoms with E-state index in [0.29, 0.717) is 29.0 Å². The molecule has 2 rings (SSSR count). The van der Waals surface area contributed by atoms with Crippen molar-refractivity contribution >= 4 is 11.9 Å². The number of hydrogen-bond acceptors (Lipinski definition) is 4. The Hall–Kier alpha value is -2.08. The average Bonchev–Trinajstić information content (AvgIpc) is 2.72. The zero-order valence-corrected chi connectivity index (χ0v) is 25.8. The van der Waals surface area contributed by atoms with Gasteiger partial charge >= 0.3 is 11.9 Å². The van der Waals surface area contributed by atoms with Crippen LogP contribution in [0.25, 0.3) is 0 Å². The van der Waals surface area contributed by atoms with Gasteiger partial charge in [0.05, 0.1) is 0 Å². The topological polar surface area (TPSA) is 98.1 Å². The highest BCUT2D eigenvalue weighted by Crippen LogP contribution is 2.44. The van der Waals surface area contributed by atoms with Gasteiger partial charge in [-0.05, 0) is 93.9 Å². The maximum Gasteiger partial charge on any atom is 0.321 e. The Labute approximate surface area is 230 Å². The molecule has 6 heteroatoms. The molecule has 0 unspecified atom stereocenters. The Morgan fingerprint density at radius 3 is 1.66 bits per heavy atom. The van der Waals surface area contributed by atoms with Crippen LogP contribution in [0.15, 0.2) is 12.1 Å². The molecule has 0 saturated carbocycles. The lowest BCUT2D eigenvalue weighted by Gasteiger charge is -2.54. The van der Waals surface area contributed by atoms with Crippen LogP contribution in [0.3, 0.4) is 0 Å². The molecule has 1 aliphatic heterocycles. The first-order chi connectivity index (χ1) is 17.0. The van der Waals surface area contributed by atoms with Crippen LogP contribution in [0.2, 0.25) is 0 Å². The van der Waals surface area contributed by atoms with Crippen LogP contribution in [0.1, 0.15) is 124 Å². The Kier molecular flexibility index (Phi) is 9.15. The van der Waals surface area contributed by atoms with Crippen LogP contribution in [0, 0.1) is 11.3 Å². The first-order valence-corrected chi connectivity index (χ1v) is 14.1. The van der Waals surface area contributed by atoms with Crippen LogP contribution in [-0.4, -0.2) is 50.3 Å². The van der Waals surface area contributed by atoms with E-state index >= 15 is 0 Å². The molecule has 0 amide bonds. The van der Waals surface area contributed by atoms with Gasteiger partial charge in [-0.1, -0.05) is 72.9 Å². The summed E-state index contributed by atoms with van der Waals surface area (Å²) in [7, 11) is 2.18. The third-order valence-corrected chi connectivity index (χ3v) is 8.97. The van der Waals surface area contributed by atoms with Crippen molar-refractivity contribution in [3.05, 3.63) is 28.8 Å². The van der Waals surface area contributed by atoms with Crippen LogP contribution in [0.4, 0.5) is 0 Å². The SMILES string of the molecule is CN1C(C)(C)CC(CCCCC(Cc2cc(C(C)(C)C)c(O)c(C(C)(C)C)c2)(C(=O)O)C(=O)O)CC1(C)C. The predicted molar refractivity (Wildman–Crippen MR) is 154 cm³/mol. The number of carbonyl (C=O) groups is 2. The highest BCUT2D eigenvalue weighted by atomic mass is 16.4. The van der Waals surface area contributed by atoms with Gasteiger partial charge in [-0.3, -0.25) is 14.5 Å². The number of likely N-dealkylation sites (tertiary alicyclic amines) is 1. The van der Waals surface area contributed by atoms with Crippen LogP contribution in [0.5, 0.6) is 5.75 Å². The summed E-state index contributed by atoms with van der Waals surface area (Å²) < 4.78 is 0. The molecular weight excluding hydrogens is 478 g/mol. The summed E-state index contributed by atoms with van der Waals surface area (Å²) in [5.41, 5.74) is -0.447. The van der Waals surface area contributed by atoms with E-state index in [1.807, 2.05) is 41.5 Å². The summed E-state index contributed by atoms with van der Waals surface area (Å²) in [6.07, 6.45) is 4.44. The van der Waals surface area contributed by atoms with Gasteiger partial charge in [0, 0.05) is 11.1 Å². The Morgan fingerprint density at radius 2 is 1.29 bits per heavy atom. The minimum Gasteiger partial charge on any atom is -0.507 e. The largest absolute Gasteiger partial charge is 0.507 e. The van der Waals surface area contributed by atoms with Crippen LogP contribution < -0.4 is 0 Å². The van der Waals surface area contributed by atoms with E-state index in [4.69, 9.17) is 0 Å². The summed E-state index contributed by atoms with van der Waals surface area (Å²) in [4.78, 5) is 27.6. The number of unbranched alkanes of at least 4 members (excludes halogenated alkanes) is 1. The van der Waals surface area contributed by atoms with Crippen LogP contribution >= 0.6 is 0 Å². The predicted octanol–water partition coefficient (Wildman–Crippen LogP) is 7.14. The second-order valence-corrected chi connectivity index (χ2v) is 15.1. The molecule has 0 atom stereocenters. The zero-order valence-electron chi connectivity index (χ0n) is 25.8. The van der Waals surface area contributed by atoms with Gasteiger partial charge in [0.2, 0.25) is 0 Å². The molecule has 0 aliphatic carbocycles. The molecule has 1 aromatic rings. The lowest BCUT2D eigenvalue weighted by atomic mass is 9.71. The fourth-order valence-electron chi connectivity index (χ4n) is 6.48. The molecule has 1 saturated heterocycles. The van der Waals surface area contributed by atoms with E-state index < -0.39 is 17.4 Å². The van der Waals surface area contributed by atoms with E-state index in [9.17, 15) is 24.9 Å². The van der Waals surface area contributed by atoms with Crippen molar-refractivity contribution in [1.29, 1.82) is 0 Å². The Bertz CT molecular complexity index is 958. The number of carboxylic acid groups (broad SMARTS) is 2. The van der Waals surface area contributed by atoms with E-state index in [1.54, 1.807) is 12.1 Å². The molecule has 0 spiro atoms. The van der Waals surface area contributed by atoms with Gasteiger partial charge in [-0.15, -0.1) is 0 Å².